The Hall–Kier alpha value is -1.81. The second-order valence-electron chi connectivity index (χ2n) is 4.32. The Morgan fingerprint density at radius 2 is 2.25 bits per heavy atom. The minimum Gasteiger partial charge on any atom is -0.353 e. The van der Waals surface area contributed by atoms with Crippen LogP contribution in [0.1, 0.15) is 38.4 Å². The smallest absolute Gasteiger partial charge is 0.269 e. The number of nitrogens with zero attached hydrogens (tertiary/aromatic N) is 2. The van der Waals surface area contributed by atoms with Crippen LogP contribution >= 0.6 is 11.8 Å². The number of carbonyl (C=O) groups is 1. The van der Waals surface area contributed by atoms with Gasteiger partial charge in [0, 0.05) is 6.04 Å². The topological polar surface area (TPSA) is 98.6 Å². The molecular weight excluding hydrogens is 276 g/mol. The molecule has 1 amide bonds. The van der Waals surface area contributed by atoms with E-state index in [9.17, 15) is 9.59 Å². The molecule has 0 bridgehead atoms. The molecule has 0 aliphatic heterocycles. The van der Waals surface area contributed by atoms with E-state index in [1.165, 1.54) is 0 Å². The Labute approximate surface area is 122 Å². The fourth-order valence-corrected chi connectivity index (χ4v) is 2.18. The average Bonchev–Trinajstić information content (AvgIpc) is 2.44. The van der Waals surface area contributed by atoms with Crippen molar-refractivity contribution in [2.75, 3.05) is 5.75 Å². The lowest BCUT2D eigenvalue weighted by molar-refractivity contribution is -0.119. The molecule has 108 valence electrons. The van der Waals surface area contributed by atoms with Gasteiger partial charge in [0.1, 0.15) is 11.6 Å². The number of rotatable bonds is 6. The molecule has 1 atom stereocenters. The summed E-state index contributed by atoms with van der Waals surface area (Å²) in [5, 5.41) is 12.1. The summed E-state index contributed by atoms with van der Waals surface area (Å²) in [6, 6.07) is 1.97. The maximum absolute atomic E-state index is 11.7. The Morgan fingerprint density at radius 1 is 1.55 bits per heavy atom. The molecule has 0 aromatic carbocycles. The standard InChI is InChI=1S/C13H18N4O2S/c1-4-8(3)15-11(18)7-20-13-16-10(5-2)9(6-14)12(19)17-13/h8H,4-5,7H2,1-3H3,(H,15,18)(H,16,17,19)/t8-/m0/s1. The van der Waals surface area contributed by atoms with E-state index in [0.717, 1.165) is 18.2 Å². The summed E-state index contributed by atoms with van der Waals surface area (Å²) in [6.45, 7) is 5.75. The normalized spacial score (nSPS) is 11.7. The zero-order valence-corrected chi connectivity index (χ0v) is 12.6. The van der Waals surface area contributed by atoms with E-state index < -0.39 is 5.56 Å². The van der Waals surface area contributed by atoms with Gasteiger partial charge in [-0.15, -0.1) is 0 Å². The van der Waals surface area contributed by atoms with Gasteiger partial charge in [0.05, 0.1) is 11.4 Å². The van der Waals surface area contributed by atoms with E-state index in [0.29, 0.717) is 17.3 Å². The van der Waals surface area contributed by atoms with Crippen molar-refractivity contribution in [3.63, 3.8) is 0 Å². The van der Waals surface area contributed by atoms with Crippen molar-refractivity contribution in [2.24, 2.45) is 0 Å². The maximum atomic E-state index is 11.7. The third-order valence-electron chi connectivity index (χ3n) is 2.78. The number of hydrogen-bond donors (Lipinski definition) is 2. The van der Waals surface area contributed by atoms with Crippen molar-refractivity contribution in [1.82, 2.24) is 15.3 Å². The van der Waals surface area contributed by atoms with E-state index in [-0.39, 0.29) is 23.3 Å². The number of aromatic nitrogens is 2. The summed E-state index contributed by atoms with van der Waals surface area (Å²) in [5.41, 5.74) is 0.0474. The Balaban J connectivity index is 2.75. The molecule has 1 aromatic rings. The van der Waals surface area contributed by atoms with Gasteiger partial charge < -0.3 is 10.3 Å². The summed E-state index contributed by atoms with van der Waals surface area (Å²) in [7, 11) is 0. The molecule has 0 radical (unpaired) electrons. The number of aromatic amines is 1. The number of nitrogens with one attached hydrogen (secondary N) is 2. The van der Waals surface area contributed by atoms with E-state index >= 15 is 0 Å². The van der Waals surface area contributed by atoms with Gasteiger partial charge in [0.15, 0.2) is 5.16 Å². The number of hydrogen-bond acceptors (Lipinski definition) is 5. The number of aryl methyl sites for hydroxylation is 1. The molecule has 7 heteroatoms. The van der Waals surface area contributed by atoms with Crippen LogP contribution < -0.4 is 10.9 Å². The molecule has 1 rings (SSSR count). The van der Waals surface area contributed by atoms with Crippen LogP contribution in [0, 0.1) is 11.3 Å². The lowest BCUT2D eigenvalue weighted by atomic mass is 10.2. The lowest BCUT2D eigenvalue weighted by Gasteiger charge is -2.10. The van der Waals surface area contributed by atoms with Gasteiger partial charge >= 0.3 is 0 Å². The molecule has 0 unspecified atom stereocenters. The van der Waals surface area contributed by atoms with Gasteiger partial charge in [-0.2, -0.15) is 5.26 Å². The van der Waals surface area contributed by atoms with Gasteiger partial charge in [-0.25, -0.2) is 4.98 Å². The number of carbonyl (C=O) groups excluding carboxylic acids is 1. The Morgan fingerprint density at radius 3 is 2.80 bits per heavy atom. The molecule has 0 spiro atoms. The van der Waals surface area contributed by atoms with Crippen molar-refractivity contribution in [3.05, 3.63) is 21.6 Å². The fourth-order valence-electron chi connectivity index (χ4n) is 1.49. The Bertz CT molecular complexity index is 577. The monoisotopic (exact) mass is 294 g/mol. The average molecular weight is 294 g/mol. The van der Waals surface area contributed by atoms with Gasteiger partial charge in [-0.3, -0.25) is 9.59 Å². The minimum atomic E-state index is -0.454. The van der Waals surface area contributed by atoms with E-state index in [2.05, 4.69) is 15.3 Å². The fraction of sp³-hybridized carbons (Fsp3) is 0.538. The van der Waals surface area contributed by atoms with Crippen molar-refractivity contribution in [1.29, 1.82) is 5.26 Å². The van der Waals surface area contributed by atoms with Gasteiger partial charge in [0.25, 0.3) is 5.56 Å². The molecule has 0 fully saturated rings. The summed E-state index contributed by atoms with van der Waals surface area (Å²) in [6.07, 6.45) is 1.36. The third kappa shape index (κ3) is 4.38. The van der Waals surface area contributed by atoms with E-state index in [1.807, 2.05) is 26.8 Å². The van der Waals surface area contributed by atoms with Crippen LogP contribution in [-0.2, 0) is 11.2 Å². The first-order valence-corrected chi connectivity index (χ1v) is 7.45. The molecule has 1 aromatic heterocycles. The highest BCUT2D eigenvalue weighted by Gasteiger charge is 2.12. The highest BCUT2D eigenvalue weighted by molar-refractivity contribution is 7.99. The van der Waals surface area contributed by atoms with Crippen molar-refractivity contribution >= 4 is 17.7 Å². The van der Waals surface area contributed by atoms with Crippen LogP contribution in [0.3, 0.4) is 0 Å². The van der Waals surface area contributed by atoms with Gasteiger partial charge in [-0.05, 0) is 19.8 Å². The summed E-state index contributed by atoms with van der Waals surface area (Å²) in [4.78, 5) is 30.0. The maximum Gasteiger partial charge on any atom is 0.269 e. The van der Waals surface area contributed by atoms with Gasteiger partial charge in [0.2, 0.25) is 5.91 Å². The first kappa shape index (κ1) is 16.2. The third-order valence-corrected chi connectivity index (χ3v) is 3.65. The zero-order chi connectivity index (χ0) is 15.1. The molecule has 0 aliphatic carbocycles. The quantitative estimate of drug-likeness (QED) is 0.607. The summed E-state index contributed by atoms with van der Waals surface area (Å²) < 4.78 is 0. The minimum absolute atomic E-state index is 0.0425. The molecule has 0 saturated carbocycles. The largest absolute Gasteiger partial charge is 0.353 e. The first-order chi connectivity index (χ1) is 9.51. The number of H-pyrrole nitrogens is 1. The number of nitriles is 1. The highest BCUT2D eigenvalue weighted by atomic mass is 32.2. The second-order valence-corrected chi connectivity index (χ2v) is 5.29. The van der Waals surface area contributed by atoms with Crippen molar-refractivity contribution in [2.45, 2.75) is 44.8 Å². The van der Waals surface area contributed by atoms with Crippen LogP contribution in [0.4, 0.5) is 0 Å². The van der Waals surface area contributed by atoms with Crippen molar-refractivity contribution < 1.29 is 4.79 Å². The first-order valence-electron chi connectivity index (χ1n) is 6.47. The predicted octanol–water partition coefficient (Wildman–Crippen LogP) is 1.21. The van der Waals surface area contributed by atoms with Crippen molar-refractivity contribution in [3.8, 4) is 6.07 Å². The zero-order valence-electron chi connectivity index (χ0n) is 11.8. The van der Waals surface area contributed by atoms with Crippen LogP contribution in [0.15, 0.2) is 9.95 Å². The molecular formula is C13H18N4O2S. The number of amides is 1. The van der Waals surface area contributed by atoms with Crippen LogP contribution in [-0.4, -0.2) is 27.7 Å². The summed E-state index contributed by atoms with van der Waals surface area (Å²) >= 11 is 1.16. The molecule has 0 aliphatic rings. The van der Waals surface area contributed by atoms with E-state index in [1.54, 1.807) is 0 Å². The summed E-state index contributed by atoms with van der Waals surface area (Å²) in [5.74, 6) is 0.0805. The Kier molecular flexibility index (Phi) is 6.25. The molecule has 1 heterocycles. The predicted molar refractivity (Wildman–Crippen MR) is 77.6 cm³/mol. The van der Waals surface area contributed by atoms with Crippen LogP contribution in [0.2, 0.25) is 0 Å². The SMILES string of the molecule is CCc1nc(SCC(=O)N[C@@H](C)CC)[nH]c(=O)c1C#N. The molecule has 0 saturated heterocycles. The van der Waals surface area contributed by atoms with E-state index in [4.69, 9.17) is 5.26 Å². The lowest BCUT2D eigenvalue weighted by Crippen LogP contribution is -2.33. The van der Waals surface area contributed by atoms with Gasteiger partial charge in [-0.1, -0.05) is 25.6 Å². The van der Waals surface area contributed by atoms with Crippen LogP contribution in [0.25, 0.3) is 0 Å². The highest BCUT2D eigenvalue weighted by Crippen LogP contribution is 2.12. The molecule has 20 heavy (non-hydrogen) atoms. The second kappa shape index (κ2) is 7.70. The molecule has 6 nitrogen and oxygen atoms in total. The van der Waals surface area contributed by atoms with Crippen LogP contribution in [0.5, 0.6) is 0 Å². The number of thioether (sulfide) groups is 1. The molecule has 2 N–H and O–H groups in total.